The number of rotatable bonds is 9. The van der Waals surface area contributed by atoms with Crippen LogP contribution in [0.1, 0.15) is 61.8 Å². The van der Waals surface area contributed by atoms with E-state index in [1.807, 2.05) is 61.5 Å². The van der Waals surface area contributed by atoms with Gasteiger partial charge in [-0.2, -0.15) is 4.98 Å². The molecule has 1 unspecified atom stereocenters. The third-order valence-corrected chi connectivity index (χ3v) is 9.06. The second-order valence-corrected chi connectivity index (χ2v) is 12.6. The standard InChI is InChI=1S/C33H32BrFN4O3S/c1-21-29(31(40)42-27-11-3-2-4-12-27)30(23-14-16-26(17-15-23)41-19-22-8-7-10-25(34)18-22)39-32(36-21)37-33(38-39)43-20-24-9-5-6-13-28(24)35/h5-10,13-18,27,30H,2-4,11-12,19-20H2,1H3,(H,36,37,38). The van der Waals surface area contributed by atoms with E-state index in [9.17, 15) is 9.18 Å². The predicted octanol–water partition coefficient (Wildman–Crippen LogP) is 8.22. The van der Waals surface area contributed by atoms with E-state index in [-0.39, 0.29) is 17.9 Å². The first-order valence-electron chi connectivity index (χ1n) is 14.4. The first-order chi connectivity index (χ1) is 20.9. The number of nitrogens with zero attached hydrogens (tertiary/aromatic N) is 3. The third-order valence-electron chi connectivity index (χ3n) is 7.68. The van der Waals surface area contributed by atoms with Crippen molar-refractivity contribution in [3.63, 3.8) is 0 Å². The molecule has 1 saturated carbocycles. The summed E-state index contributed by atoms with van der Waals surface area (Å²) in [4.78, 5) is 18.4. The van der Waals surface area contributed by atoms with Crippen LogP contribution in [0.3, 0.4) is 0 Å². The summed E-state index contributed by atoms with van der Waals surface area (Å²) in [5, 5.41) is 8.53. The van der Waals surface area contributed by atoms with Gasteiger partial charge in [0.2, 0.25) is 11.1 Å². The molecule has 10 heteroatoms. The molecule has 1 fully saturated rings. The Morgan fingerprint density at radius 3 is 2.63 bits per heavy atom. The zero-order valence-corrected chi connectivity index (χ0v) is 26.2. The van der Waals surface area contributed by atoms with Gasteiger partial charge < -0.3 is 14.8 Å². The van der Waals surface area contributed by atoms with Crippen molar-refractivity contribution in [3.05, 3.63) is 111 Å². The number of fused-ring (bicyclic) bond motifs is 1. The number of aromatic nitrogens is 3. The number of hydrogen-bond donors (Lipinski definition) is 1. The lowest BCUT2D eigenvalue weighted by Gasteiger charge is -2.30. The molecular formula is C33H32BrFN4O3S. The van der Waals surface area contributed by atoms with Crippen LogP contribution in [0, 0.1) is 5.82 Å². The summed E-state index contributed by atoms with van der Waals surface area (Å²) in [5.74, 6) is 1.00. The van der Waals surface area contributed by atoms with Crippen molar-refractivity contribution >= 4 is 39.6 Å². The molecule has 0 bridgehead atoms. The van der Waals surface area contributed by atoms with Gasteiger partial charge in [-0.15, -0.1) is 5.10 Å². The summed E-state index contributed by atoms with van der Waals surface area (Å²) in [5.41, 5.74) is 3.65. The molecule has 6 rings (SSSR count). The van der Waals surface area contributed by atoms with Crippen LogP contribution in [-0.2, 0) is 21.9 Å². The molecule has 2 aliphatic rings. The van der Waals surface area contributed by atoms with Crippen LogP contribution in [0.2, 0.25) is 0 Å². The van der Waals surface area contributed by atoms with E-state index in [0.717, 1.165) is 41.3 Å². The number of allylic oxidation sites excluding steroid dienone is 1. The molecule has 2 heterocycles. The van der Waals surface area contributed by atoms with E-state index in [4.69, 9.17) is 14.6 Å². The average Bonchev–Trinajstić information content (AvgIpc) is 3.42. The summed E-state index contributed by atoms with van der Waals surface area (Å²) in [6.45, 7) is 2.30. The molecule has 0 amide bonds. The molecule has 1 atom stereocenters. The van der Waals surface area contributed by atoms with Crippen molar-refractivity contribution in [2.75, 3.05) is 5.32 Å². The van der Waals surface area contributed by atoms with Crippen LogP contribution in [0.25, 0.3) is 0 Å². The molecule has 1 aliphatic heterocycles. The zero-order chi connectivity index (χ0) is 29.8. The number of hydrogen-bond acceptors (Lipinski definition) is 7. The fourth-order valence-electron chi connectivity index (χ4n) is 5.46. The number of thioether (sulfide) groups is 1. The molecular weight excluding hydrogens is 631 g/mol. The van der Waals surface area contributed by atoms with Crippen molar-refractivity contribution in [3.8, 4) is 5.75 Å². The Morgan fingerprint density at radius 1 is 1.07 bits per heavy atom. The number of carbonyl (C=O) groups is 1. The summed E-state index contributed by atoms with van der Waals surface area (Å²) in [7, 11) is 0. The molecule has 0 spiro atoms. The van der Waals surface area contributed by atoms with Crippen molar-refractivity contribution in [1.29, 1.82) is 0 Å². The molecule has 43 heavy (non-hydrogen) atoms. The second kappa shape index (κ2) is 13.3. The first kappa shape index (κ1) is 29.4. The van der Waals surface area contributed by atoms with Gasteiger partial charge in [0.1, 0.15) is 30.3 Å². The zero-order valence-electron chi connectivity index (χ0n) is 23.8. The molecule has 222 valence electrons. The third kappa shape index (κ3) is 6.96. The SMILES string of the molecule is CC1=C(C(=O)OC2CCCCC2)C(c2ccc(OCc3cccc(Br)c3)cc2)n2nc(SCc3ccccc3F)nc2N1. The number of nitrogens with one attached hydrogen (secondary N) is 1. The van der Waals surface area contributed by atoms with Gasteiger partial charge in [0, 0.05) is 15.9 Å². The van der Waals surface area contributed by atoms with Gasteiger partial charge >= 0.3 is 5.97 Å². The minimum absolute atomic E-state index is 0.0833. The average molecular weight is 664 g/mol. The lowest BCUT2D eigenvalue weighted by Crippen LogP contribution is -2.32. The highest BCUT2D eigenvalue weighted by Crippen LogP contribution is 2.38. The van der Waals surface area contributed by atoms with Gasteiger partial charge in [0.05, 0.1) is 5.57 Å². The van der Waals surface area contributed by atoms with Crippen LogP contribution >= 0.6 is 27.7 Å². The summed E-state index contributed by atoms with van der Waals surface area (Å²) in [6, 6.07) is 21.8. The Labute approximate surface area is 263 Å². The summed E-state index contributed by atoms with van der Waals surface area (Å²) in [6.07, 6.45) is 4.98. The van der Waals surface area contributed by atoms with Crippen molar-refractivity contribution in [1.82, 2.24) is 14.8 Å². The van der Waals surface area contributed by atoms with Gasteiger partial charge in [-0.3, -0.25) is 0 Å². The van der Waals surface area contributed by atoms with Gasteiger partial charge in [-0.25, -0.2) is 13.9 Å². The topological polar surface area (TPSA) is 78.3 Å². The van der Waals surface area contributed by atoms with E-state index in [0.29, 0.717) is 46.0 Å². The second-order valence-electron chi connectivity index (χ2n) is 10.8. The maximum atomic E-state index is 14.2. The largest absolute Gasteiger partial charge is 0.489 e. The van der Waals surface area contributed by atoms with E-state index in [1.165, 1.54) is 24.2 Å². The Hall–Kier alpha value is -3.63. The fourth-order valence-corrected chi connectivity index (χ4v) is 6.72. The lowest BCUT2D eigenvalue weighted by atomic mass is 9.95. The Kier molecular flexibility index (Phi) is 9.14. The van der Waals surface area contributed by atoms with Gasteiger partial charge in [-0.05, 0) is 79.6 Å². The van der Waals surface area contributed by atoms with Crippen LogP contribution < -0.4 is 10.1 Å². The Bertz CT molecular complexity index is 1640. The maximum absolute atomic E-state index is 14.2. The fraction of sp³-hybridized carbons (Fsp3) is 0.303. The number of halogens is 2. The molecule has 7 nitrogen and oxygen atoms in total. The number of ether oxygens (including phenoxy) is 2. The van der Waals surface area contributed by atoms with E-state index < -0.39 is 6.04 Å². The van der Waals surface area contributed by atoms with Crippen molar-refractivity contribution in [2.45, 2.75) is 68.7 Å². The Balaban J connectivity index is 1.27. The maximum Gasteiger partial charge on any atom is 0.338 e. The number of benzene rings is 3. The van der Waals surface area contributed by atoms with Gasteiger partial charge in [0.25, 0.3) is 0 Å². The van der Waals surface area contributed by atoms with Crippen LogP contribution in [0.5, 0.6) is 5.75 Å². The lowest BCUT2D eigenvalue weighted by molar-refractivity contribution is -0.146. The minimum Gasteiger partial charge on any atom is -0.489 e. The number of anilines is 1. The van der Waals surface area contributed by atoms with Crippen molar-refractivity contribution < 1.29 is 18.7 Å². The predicted molar refractivity (Wildman–Crippen MR) is 168 cm³/mol. The molecule has 0 saturated heterocycles. The summed E-state index contributed by atoms with van der Waals surface area (Å²) >= 11 is 4.85. The quantitative estimate of drug-likeness (QED) is 0.143. The van der Waals surface area contributed by atoms with Crippen LogP contribution in [0.4, 0.5) is 10.3 Å². The minimum atomic E-state index is -0.554. The van der Waals surface area contributed by atoms with E-state index >= 15 is 0 Å². The van der Waals surface area contributed by atoms with Gasteiger partial charge in [0.15, 0.2) is 0 Å². The molecule has 1 aromatic heterocycles. The summed E-state index contributed by atoms with van der Waals surface area (Å²) < 4.78 is 29.1. The van der Waals surface area contributed by atoms with E-state index in [1.54, 1.807) is 16.8 Å². The van der Waals surface area contributed by atoms with Crippen molar-refractivity contribution in [2.24, 2.45) is 0 Å². The highest BCUT2D eigenvalue weighted by atomic mass is 79.9. The van der Waals surface area contributed by atoms with E-state index in [2.05, 4.69) is 26.2 Å². The molecule has 4 aromatic rings. The first-order valence-corrected chi connectivity index (χ1v) is 16.2. The molecule has 0 radical (unpaired) electrons. The monoisotopic (exact) mass is 662 g/mol. The Morgan fingerprint density at radius 2 is 1.86 bits per heavy atom. The molecule has 3 aromatic carbocycles. The number of carbonyl (C=O) groups excluding carboxylic acids is 1. The highest BCUT2D eigenvalue weighted by Gasteiger charge is 2.36. The number of esters is 1. The smallest absolute Gasteiger partial charge is 0.338 e. The van der Waals surface area contributed by atoms with Gasteiger partial charge in [-0.1, -0.05) is 76.6 Å². The van der Waals surface area contributed by atoms with Crippen LogP contribution in [-0.4, -0.2) is 26.8 Å². The van der Waals surface area contributed by atoms with Crippen LogP contribution in [0.15, 0.2) is 93.7 Å². The normalized spacial score (nSPS) is 16.9. The highest BCUT2D eigenvalue weighted by molar-refractivity contribution is 9.10. The molecule has 1 aliphatic carbocycles. The molecule has 1 N–H and O–H groups in total.